The van der Waals surface area contributed by atoms with Crippen LogP contribution in [-0.4, -0.2) is 5.84 Å². The fourth-order valence-corrected chi connectivity index (χ4v) is 14.2. The highest BCUT2D eigenvalue weighted by Crippen LogP contribution is 2.63. The average Bonchev–Trinajstić information content (AvgIpc) is 4.05. The van der Waals surface area contributed by atoms with E-state index in [0.717, 1.165) is 44.6 Å². The van der Waals surface area contributed by atoms with Gasteiger partial charge in [0.15, 0.2) is 0 Å². The van der Waals surface area contributed by atoms with Crippen molar-refractivity contribution in [3.63, 3.8) is 0 Å². The van der Waals surface area contributed by atoms with Crippen molar-refractivity contribution in [1.82, 2.24) is 0 Å². The van der Waals surface area contributed by atoms with E-state index in [2.05, 4.69) is 151 Å². The van der Waals surface area contributed by atoms with Crippen LogP contribution < -0.4 is 5.32 Å². The summed E-state index contributed by atoms with van der Waals surface area (Å²) < 4.78 is 8.22. The number of aliphatic imine (C=N–C) groups is 1. The molecule has 7 aromatic carbocycles. The SMILES string of the molecule is c1ccc(C2=NC(c3cccc4c3oc3ccc(-c5cccc6c5-c5cc7c(cc5C65CCCCC5)-c5ccccc5C75CCCCC5)cc34)c3sc4ccccc4c3N2)cc1. The van der Waals surface area contributed by atoms with Gasteiger partial charge in [-0.1, -0.05) is 154 Å². The molecule has 3 heterocycles. The number of nitrogens with zero attached hydrogens (tertiary/aromatic N) is 1. The molecule has 2 fully saturated rings. The Balaban J connectivity index is 0.950. The lowest BCUT2D eigenvalue weighted by Gasteiger charge is -2.37. The number of para-hydroxylation sites is 1. The molecule has 1 atom stereocenters. The largest absolute Gasteiger partial charge is 0.456 e. The monoisotopic (exact) mass is 818 g/mol. The number of anilines is 1. The quantitative estimate of drug-likeness (QED) is 0.193. The van der Waals surface area contributed by atoms with Crippen molar-refractivity contribution in [3.8, 4) is 33.4 Å². The van der Waals surface area contributed by atoms with Gasteiger partial charge < -0.3 is 9.73 Å². The van der Waals surface area contributed by atoms with Crippen molar-refractivity contribution in [2.45, 2.75) is 81.1 Å². The molecule has 0 saturated heterocycles. The van der Waals surface area contributed by atoms with Crippen LogP contribution in [0.25, 0.3) is 65.4 Å². The molecule has 0 radical (unpaired) electrons. The maximum Gasteiger partial charge on any atom is 0.141 e. The number of nitrogens with one attached hydrogen (secondary N) is 1. The van der Waals surface area contributed by atoms with Gasteiger partial charge in [-0.2, -0.15) is 0 Å². The first kappa shape index (κ1) is 35.4. The molecule has 2 spiro atoms. The molecule has 4 heteroatoms. The summed E-state index contributed by atoms with van der Waals surface area (Å²) in [5.74, 6) is 0.889. The molecule has 3 nitrogen and oxygen atoms in total. The summed E-state index contributed by atoms with van der Waals surface area (Å²) >= 11 is 1.83. The predicted octanol–water partition coefficient (Wildman–Crippen LogP) is 15.9. The lowest BCUT2D eigenvalue weighted by Crippen LogP contribution is -2.29. The van der Waals surface area contributed by atoms with Crippen molar-refractivity contribution in [2.75, 3.05) is 5.32 Å². The Hall–Kier alpha value is -6.23. The number of rotatable bonds is 3. The van der Waals surface area contributed by atoms with E-state index >= 15 is 0 Å². The van der Waals surface area contributed by atoms with E-state index in [4.69, 9.17) is 9.41 Å². The fourth-order valence-electron chi connectivity index (χ4n) is 13.0. The van der Waals surface area contributed by atoms with E-state index in [-0.39, 0.29) is 16.9 Å². The van der Waals surface area contributed by atoms with Crippen molar-refractivity contribution >= 4 is 54.9 Å². The maximum absolute atomic E-state index is 6.96. The molecular formula is C58H46N2OS. The van der Waals surface area contributed by atoms with Gasteiger partial charge in [0.25, 0.3) is 0 Å². The van der Waals surface area contributed by atoms with Gasteiger partial charge in [0.05, 0.1) is 10.6 Å². The van der Waals surface area contributed by atoms with E-state index in [0.29, 0.717) is 0 Å². The van der Waals surface area contributed by atoms with Crippen molar-refractivity contribution in [2.24, 2.45) is 4.99 Å². The molecule has 300 valence electrons. The first-order valence-electron chi connectivity index (χ1n) is 23.0. The molecule has 0 amide bonds. The maximum atomic E-state index is 6.96. The third-order valence-corrected chi connectivity index (χ3v) is 17.0. The van der Waals surface area contributed by atoms with E-state index in [1.54, 1.807) is 22.3 Å². The van der Waals surface area contributed by atoms with Gasteiger partial charge in [-0.3, -0.25) is 4.99 Å². The lowest BCUT2D eigenvalue weighted by atomic mass is 9.66. The minimum absolute atomic E-state index is 0.0615. The minimum Gasteiger partial charge on any atom is -0.456 e. The molecule has 2 saturated carbocycles. The summed E-state index contributed by atoms with van der Waals surface area (Å²) in [4.78, 5) is 6.69. The van der Waals surface area contributed by atoms with Gasteiger partial charge >= 0.3 is 0 Å². The summed E-state index contributed by atoms with van der Waals surface area (Å²) in [6.45, 7) is 0. The van der Waals surface area contributed by atoms with Crippen LogP contribution in [0.3, 0.4) is 0 Å². The van der Waals surface area contributed by atoms with Gasteiger partial charge in [-0.25, -0.2) is 0 Å². The molecule has 62 heavy (non-hydrogen) atoms. The predicted molar refractivity (Wildman–Crippen MR) is 258 cm³/mol. The normalized spacial score (nSPS) is 19.0. The summed E-state index contributed by atoms with van der Waals surface area (Å²) in [7, 11) is 0. The Morgan fingerprint density at radius 2 is 1.19 bits per heavy atom. The number of fused-ring (bicyclic) bond motifs is 16. The molecule has 1 aliphatic heterocycles. The Labute approximate surface area is 366 Å². The molecule has 4 aliphatic carbocycles. The Bertz CT molecular complexity index is 3350. The Kier molecular flexibility index (Phi) is 7.50. The minimum atomic E-state index is -0.205. The first-order chi connectivity index (χ1) is 30.7. The molecule has 0 bridgehead atoms. The summed E-state index contributed by atoms with van der Waals surface area (Å²) in [5, 5.41) is 7.28. The Morgan fingerprint density at radius 3 is 2.05 bits per heavy atom. The number of thiophene rings is 1. The molecule has 1 unspecified atom stereocenters. The second-order valence-corrected chi connectivity index (χ2v) is 19.8. The van der Waals surface area contributed by atoms with Crippen LogP contribution in [-0.2, 0) is 10.8 Å². The fraction of sp³-hybridized carbons (Fsp3) is 0.224. The highest BCUT2D eigenvalue weighted by Gasteiger charge is 2.49. The average molecular weight is 819 g/mol. The molecule has 1 N–H and O–H groups in total. The van der Waals surface area contributed by atoms with Crippen LogP contribution in [0.5, 0.6) is 0 Å². The first-order valence-corrected chi connectivity index (χ1v) is 23.8. The Morgan fingerprint density at radius 1 is 0.516 bits per heavy atom. The van der Waals surface area contributed by atoms with Crippen molar-refractivity contribution < 1.29 is 4.42 Å². The zero-order chi connectivity index (χ0) is 40.6. The van der Waals surface area contributed by atoms with Gasteiger partial charge in [0.2, 0.25) is 0 Å². The van der Waals surface area contributed by atoms with E-state index in [9.17, 15) is 0 Å². The number of furan rings is 1. The van der Waals surface area contributed by atoms with Gasteiger partial charge in [-0.05, 0) is 112 Å². The highest BCUT2D eigenvalue weighted by atomic mass is 32.1. The van der Waals surface area contributed by atoms with Crippen LogP contribution in [0, 0.1) is 0 Å². The standard InChI is InChI=1S/C58H46N2OS/c1-4-16-35(17-5-1)56-59-52-40-19-7-9-25-50(40)62-55(52)53(60-56)41-22-14-21-39-43-32-36(26-27-49(43)61-54(39)41)37-20-15-24-46-51(37)44-34-47-42(33-48(44)58(46)30-12-3-13-31-58)38-18-6-8-23-45(38)57(47)28-10-2-11-29-57/h1,4-9,14-27,32-34,53H,2-3,10-13,28-31H2,(H,59,60). The molecule has 14 rings (SSSR count). The third kappa shape index (κ3) is 4.79. The number of hydrogen-bond donors (Lipinski definition) is 1. The topological polar surface area (TPSA) is 37.5 Å². The zero-order valence-electron chi connectivity index (χ0n) is 34.8. The summed E-state index contributed by atoms with van der Waals surface area (Å²) in [6.07, 6.45) is 12.8. The molecule has 5 aliphatic rings. The van der Waals surface area contributed by atoms with Crippen molar-refractivity contribution in [1.29, 1.82) is 0 Å². The third-order valence-electron chi connectivity index (χ3n) is 15.7. The highest BCUT2D eigenvalue weighted by molar-refractivity contribution is 7.20. The summed E-state index contributed by atoms with van der Waals surface area (Å²) in [6, 6.07) is 54.7. The van der Waals surface area contributed by atoms with Crippen LogP contribution in [0.1, 0.15) is 109 Å². The van der Waals surface area contributed by atoms with Crippen LogP contribution in [0.15, 0.2) is 155 Å². The van der Waals surface area contributed by atoms with Crippen LogP contribution in [0.2, 0.25) is 0 Å². The van der Waals surface area contributed by atoms with Crippen molar-refractivity contribution in [3.05, 3.63) is 184 Å². The molecule has 2 aromatic heterocycles. The molecular weight excluding hydrogens is 773 g/mol. The zero-order valence-corrected chi connectivity index (χ0v) is 35.6. The van der Waals surface area contributed by atoms with Gasteiger partial charge in [0.1, 0.15) is 23.0 Å². The number of hydrogen-bond acceptors (Lipinski definition) is 4. The lowest BCUT2D eigenvalue weighted by molar-refractivity contribution is 0.350. The smallest absolute Gasteiger partial charge is 0.141 e. The van der Waals surface area contributed by atoms with E-state index in [1.165, 1.54) is 113 Å². The summed E-state index contributed by atoms with van der Waals surface area (Å²) in [5.41, 5.74) is 20.2. The van der Waals surface area contributed by atoms with Crippen LogP contribution in [0.4, 0.5) is 5.69 Å². The second kappa shape index (κ2) is 13.1. The van der Waals surface area contributed by atoms with E-state index in [1.807, 2.05) is 11.3 Å². The van der Waals surface area contributed by atoms with Gasteiger partial charge in [0, 0.05) is 42.8 Å². The van der Waals surface area contributed by atoms with Crippen LogP contribution >= 0.6 is 11.3 Å². The van der Waals surface area contributed by atoms with E-state index < -0.39 is 0 Å². The van der Waals surface area contributed by atoms with Gasteiger partial charge in [-0.15, -0.1) is 11.3 Å². The number of benzene rings is 7. The second-order valence-electron chi connectivity index (χ2n) is 18.7. The molecule has 9 aromatic rings. The number of amidine groups is 1.